The predicted molar refractivity (Wildman–Crippen MR) is 148 cm³/mol. The van der Waals surface area contributed by atoms with E-state index >= 15 is 4.39 Å². The molecule has 6 rings (SSSR count). The first-order valence-corrected chi connectivity index (χ1v) is 15.2. The molecule has 2 saturated heterocycles. The lowest BCUT2D eigenvalue weighted by atomic mass is 9.77. The van der Waals surface area contributed by atoms with Crippen LogP contribution in [0, 0.1) is 46.2 Å². The minimum Gasteiger partial charge on any atom is -0.471 e. The number of nitriles is 1. The molecule has 4 heterocycles. The smallest absolute Gasteiger partial charge is 0.383 e. The Hall–Kier alpha value is -4.10. The van der Waals surface area contributed by atoms with Crippen molar-refractivity contribution in [3.8, 4) is 11.8 Å². The van der Waals surface area contributed by atoms with Crippen LogP contribution < -0.4 is 15.4 Å². The molecule has 9 atom stereocenters. The number of pyridine rings is 1. The van der Waals surface area contributed by atoms with E-state index in [1.54, 1.807) is 5.32 Å². The second-order valence-electron chi connectivity index (χ2n) is 14.2. The van der Waals surface area contributed by atoms with Crippen LogP contribution in [0.15, 0.2) is 12.3 Å². The normalized spacial score (nSPS) is 33.3. The fourth-order valence-corrected chi connectivity index (χ4v) is 8.09. The fraction of sp³-hybridized carbons (Fsp3) is 0.667. The Morgan fingerprint density at radius 3 is 2.53 bits per heavy atom. The van der Waals surface area contributed by atoms with E-state index in [0.717, 1.165) is 22.1 Å². The molecule has 2 N–H and O–H groups in total. The van der Waals surface area contributed by atoms with Crippen molar-refractivity contribution in [2.24, 2.45) is 29.1 Å². The minimum absolute atomic E-state index is 0.0700. The number of nitrogens with one attached hydrogen (secondary N) is 2. The largest absolute Gasteiger partial charge is 0.471 e. The zero-order valence-electron chi connectivity index (χ0n) is 25.5. The second kappa shape index (κ2) is 11.0. The van der Waals surface area contributed by atoms with Crippen LogP contribution in [0.2, 0.25) is 0 Å². The monoisotopic (exact) mass is 670 g/mol. The molecule has 5 aliphatic rings. The SMILES string of the molecule is CC(C)(C)[C@H](NC(=O)C(F)(F)C(F)F)C(=O)N1C[C@@H]2[C@H]3C[C@@H]([C@@H]2[C@H]1C(=O)N1C[C@@]2(C[C@H]1C#N)Oc1cc(F)cnc1NC2=O)[C@H](F)C3. The van der Waals surface area contributed by atoms with Gasteiger partial charge in [-0.05, 0) is 41.9 Å². The first-order valence-electron chi connectivity index (χ1n) is 15.2. The summed E-state index contributed by atoms with van der Waals surface area (Å²) in [7, 11) is 0. The number of anilines is 1. The number of rotatable bonds is 5. The molecular weight excluding hydrogens is 638 g/mol. The number of hydrogen-bond acceptors (Lipinski definition) is 7. The maximum Gasteiger partial charge on any atom is 0.383 e. The summed E-state index contributed by atoms with van der Waals surface area (Å²) in [4.78, 5) is 60.2. The number of ether oxygens (including phenoxy) is 1. The molecule has 2 aliphatic carbocycles. The van der Waals surface area contributed by atoms with Gasteiger partial charge in [0.2, 0.25) is 17.4 Å². The van der Waals surface area contributed by atoms with Gasteiger partial charge in [-0.1, -0.05) is 20.8 Å². The number of fused-ring (bicyclic) bond motifs is 6. The molecule has 1 aromatic rings. The molecule has 1 spiro atoms. The van der Waals surface area contributed by atoms with Crippen molar-refractivity contribution < 1.29 is 50.3 Å². The second-order valence-corrected chi connectivity index (χ2v) is 14.2. The molecule has 4 amide bonds. The van der Waals surface area contributed by atoms with E-state index in [2.05, 4.69) is 10.3 Å². The summed E-state index contributed by atoms with van der Waals surface area (Å²) in [6.07, 6.45) is -4.49. The molecule has 11 nitrogen and oxygen atoms in total. The zero-order valence-corrected chi connectivity index (χ0v) is 25.5. The van der Waals surface area contributed by atoms with Gasteiger partial charge in [-0.15, -0.1) is 0 Å². The Balaban J connectivity index is 1.34. The lowest BCUT2D eigenvalue weighted by molar-refractivity contribution is -0.172. The van der Waals surface area contributed by atoms with Gasteiger partial charge in [-0.3, -0.25) is 19.2 Å². The number of alkyl halides is 5. The Morgan fingerprint density at radius 1 is 1.19 bits per heavy atom. The fourth-order valence-electron chi connectivity index (χ4n) is 8.09. The molecule has 0 aromatic carbocycles. The quantitative estimate of drug-likeness (QED) is 0.459. The third-order valence-electron chi connectivity index (χ3n) is 10.3. The standard InChI is InChI=1S/C30H32F6N6O5/c1-28(2,3)21(39-27(46)30(35,36)25(33)34)24(44)41-10-16-12-4-15(17(32)5-12)19(16)20(41)23(43)42-11-29(7-14(42)8-37)26(45)40-22-18(47-29)6-13(31)9-38-22/h6,9,12,14-17,19-21,25H,4-5,7,10-11H2,1-3H3,(H,39,46)(H,38,40,45)/t12-,14-,15+,16+,17+,19-,20-,21+,29+/m0/s1. The Kier molecular flexibility index (Phi) is 7.67. The first-order chi connectivity index (χ1) is 21.9. The average Bonchev–Trinajstić information content (AvgIpc) is 3.74. The van der Waals surface area contributed by atoms with E-state index in [1.807, 2.05) is 6.07 Å². The molecule has 1 aromatic heterocycles. The van der Waals surface area contributed by atoms with Crippen LogP contribution in [-0.4, -0.2) is 93.7 Å². The van der Waals surface area contributed by atoms with E-state index < -0.39 is 95.5 Å². The lowest BCUT2D eigenvalue weighted by Crippen LogP contribution is -2.62. The zero-order chi connectivity index (χ0) is 34.4. The van der Waals surface area contributed by atoms with E-state index in [9.17, 15) is 46.4 Å². The van der Waals surface area contributed by atoms with Gasteiger partial charge in [-0.25, -0.2) is 22.5 Å². The summed E-state index contributed by atoms with van der Waals surface area (Å²) in [6, 6.07) is -1.57. The van der Waals surface area contributed by atoms with Crippen molar-refractivity contribution in [3.05, 3.63) is 18.1 Å². The molecule has 0 radical (unpaired) electrons. The number of likely N-dealkylation sites (tertiary alicyclic amines) is 2. The maximum absolute atomic E-state index is 15.2. The van der Waals surface area contributed by atoms with Crippen molar-refractivity contribution in [3.63, 3.8) is 0 Å². The number of aromatic nitrogens is 1. The molecule has 2 bridgehead atoms. The average molecular weight is 671 g/mol. The van der Waals surface area contributed by atoms with Crippen molar-refractivity contribution in [1.82, 2.24) is 20.1 Å². The first kappa shape index (κ1) is 32.8. The summed E-state index contributed by atoms with van der Waals surface area (Å²) in [5, 5.41) is 14.3. The lowest BCUT2D eigenvalue weighted by Gasteiger charge is -2.39. The highest BCUT2D eigenvalue weighted by molar-refractivity contribution is 6.01. The van der Waals surface area contributed by atoms with Crippen LogP contribution in [0.25, 0.3) is 0 Å². The summed E-state index contributed by atoms with van der Waals surface area (Å²) < 4.78 is 89.0. The molecule has 0 unspecified atom stereocenters. The number of hydrogen-bond donors (Lipinski definition) is 2. The molecular formula is C30H32F6N6O5. The van der Waals surface area contributed by atoms with Crippen LogP contribution in [0.1, 0.15) is 40.0 Å². The highest BCUT2D eigenvalue weighted by Gasteiger charge is 2.65. The Labute approximate surface area is 265 Å². The minimum atomic E-state index is -5.11. The summed E-state index contributed by atoms with van der Waals surface area (Å²) in [6.45, 7) is 3.63. The number of carbonyl (C=O) groups excluding carboxylic acids is 4. The number of nitrogens with zero attached hydrogens (tertiary/aromatic N) is 4. The summed E-state index contributed by atoms with van der Waals surface area (Å²) in [5.74, 6) is -13.0. The van der Waals surface area contributed by atoms with Gasteiger partial charge in [0.15, 0.2) is 11.6 Å². The molecule has 2 saturated carbocycles. The van der Waals surface area contributed by atoms with Gasteiger partial charge < -0.3 is 25.2 Å². The van der Waals surface area contributed by atoms with Gasteiger partial charge in [0.25, 0.3) is 11.8 Å². The molecule has 17 heteroatoms. The van der Waals surface area contributed by atoms with Gasteiger partial charge in [0.1, 0.15) is 30.1 Å². The molecule has 47 heavy (non-hydrogen) atoms. The highest BCUT2D eigenvalue weighted by atomic mass is 19.3. The third kappa shape index (κ3) is 5.14. The van der Waals surface area contributed by atoms with E-state index in [1.165, 1.54) is 20.8 Å². The molecule has 254 valence electrons. The van der Waals surface area contributed by atoms with Crippen LogP contribution in [-0.2, 0) is 19.2 Å². The highest BCUT2D eigenvalue weighted by Crippen LogP contribution is 2.59. The Bertz CT molecular complexity index is 1570. The van der Waals surface area contributed by atoms with Crippen LogP contribution in [0.5, 0.6) is 5.75 Å². The van der Waals surface area contributed by atoms with Gasteiger partial charge in [-0.2, -0.15) is 14.0 Å². The van der Waals surface area contributed by atoms with Gasteiger partial charge >= 0.3 is 12.3 Å². The predicted octanol–water partition coefficient (Wildman–Crippen LogP) is 2.67. The third-order valence-corrected chi connectivity index (χ3v) is 10.3. The topological polar surface area (TPSA) is 145 Å². The van der Waals surface area contributed by atoms with Crippen LogP contribution in [0.3, 0.4) is 0 Å². The summed E-state index contributed by atoms with van der Waals surface area (Å²) in [5.41, 5.74) is -3.15. The maximum atomic E-state index is 15.2. The molecule has 4 fully saturated rings. The number of amides is 4. The summed E-state index contributed by atoms with van der Waals surface area (Å²) >= 11 is 0. The van der Waals surface area contributed by atoms with E-state index in [0.29, 0.717) is 6.42 Å². The van der Waals surface area contributed by atoms with Crippen molar-refractivity contribution >= 4 is 29.4 Å². The van der Waals surface area contributed by atoms with Crippen molar-refractivity contribution in [2.75, 3.05) is 18.4 Å². The molecule has 3 aliphatic heterocycles. The van der Waals surface area contributed by atoms with Gasteiger partial charge in [0, 0.05) is 19.0 Å². The van der Waals surface area contributed by atoms with Crippen LogP contribution >= 0.6 is 0 Å². The van der Waals surface area contributed by atoms with Crippen molar-refractivity contribution in [1.29, 1.82) is 5.26 Å². The Morgan fingerprint density at radius 2 is 1.89 bits per heavy atom. The van der Waals surface area contributed by atoms with E-state index in [-0.39, 0.29) is 42.8 Å². The van der Waals surface area contributed by atoms with Crippen molar-refractivity contribution in [2.45, 2.75) is 82.3 Å². The van der Waals surface area contributed by atoms with Gasteiger partial charge in [0.05, 0.1) is 18.8 Å². The number of halogens is 6. The van der Waals surface area contributed by atoms with Crippen LogP contribution in [0.4, 0.5) is 32.2 Å². The van der Waals surface area contributed by atoms with E-state index in [4.69, 9.17) is 4.74 Å². The number of carbonyl (C=O) groups is 4.